The molecule has 0 saturated carbocycles. The Balaban J connectivity index is 5.48. The van der Waals surface area contributed by atoms with E-state index in [1.54, 1.807) is 11.8 Å². The maximum absolute atomic E-state index is 13.1. The van der Waals surface area contributed by atoms with E-state index in [9.17, 15) is 29.1 Å². The van der Waals surface area contributed by atoms with Gasteiger partial charge in [-0.3, -0.25) is 19.2 Å². The van der Waals surface area contributed by atoms with Gasteiger partial charge in [-0.05, 0) is 63.0 Å². The number of carboxylic acids is 2. The van der Waals surface area contributed by atoms with Gasteiger partial charge in [-0.1, -0.05) is 13.8 Å². The van der Waals surface area contributed by atoms with Gasteiger partial charge in [0.05, 0.1) is 6.04 Å². The summed E-state index contributed by atoms with van der Waals surface area (Å²) in [5, 5.41) is 25.8. The Labute approximate surface area is 210 Å². The fraction of sp³-hybridized carbons (Fsp3) is 0.773. The number of rotatable bonds is 19. The van der Waals surface area contributed by atoms with E-state index in [2.05, 4.69) is 16.0 Å². The van der Waals surface area contributed by atoms with Gasteiger partial charge >= 0.3 is 11.9 Å². The van der Waals surface area contributed by atoms with Gasteiger partial charge in [0.1, 0.15) is 18.1 Å². The molecule has 202 valence electrons. The summed E-state index contributed by atoms with van der Waals surface area (Å²) < 4.78 is 0. The number of carbonyl (C=O) groups excluding carboxylic acids is 3. The lowest BCUT2D eigenvalue weighted by Crippen LogP contribution is -2.57. The molecule has 35 heavy (non-hydrogen) atoms. The molecule has 0 aliphatic carbocycles. The minimum absolute atomic E-state index is 0.0467. The zero-order valence-electron chi connectivity index (χ0n) is 20.7. The van der Waals surface area contributed by atoms with Crippen LogP contribution in [0.25, 0.3) is 0 Å². The van der Waals surface area contributed by atoms with Crippen molar-refractivity contribution < 1.29 is 34.2 Å². The van der Waals surface area contributed by atoms with Gasteiger partial charge in [0.15, 0.2) is 0 Å². The second-order valence-electron chi connectivity index (χ2n) is 8.76. The topological polar surface area (TPSA) is 214 Å². The van der Waals surface area contributed by atoms with Crippen LogP contribution in [-0.4, -0.2) is 82.6 Å². The van der Waals surface area contributed by atoms with Gasteiger partial charge in [-0.2, -0.15) is 11.8 Å². The zero-order chi connectivity index (χ0) is 27.0. The quantitative estimate of drug-likeness (QED) is 0.110. The molecule has 0 radical (unpaired) electrons. The van der Waals surface area contributed by atoms with Crippen molar-refractivity contribution in [3.63, 3.8) is 0 Å². The molecule has 0 heterocycles. The van der Waals surface area contributed by atoms with Crippen LogP contribution in [0.4, 0.5) is 0 Å². The second-order valence-corrected chi connectivity index (χ2v) is 9.74. The second kappa shape index (κ2) is 18.0. The predicted octanol–water partition coefficient (Wildman–Crippen LogP) is -0.354. The molecule has 0 saturated heterocycles. The summed E-state index contributed by atoms with van der Waals surface area (Å²) in [6, 6.07) is -4.22. The molecule has 0 fully saturated rings. The van der Waals surface area contributed by atoms with E-state index in [-0.39, 0.29) is 18.8 Å². The number of nitrogens with one attached hydrogen (secondary N) is 3. The maximum atomic E-state index is 13.1. The molecule has 4 atom stereocenters. The van der Waals surface area contributed by atoms with E-state index in [1.165, 1.54) is 0 Å². The Morgan fingerprint density at radius 2 is 1.40 bits per heavy atom. The summed E-state index contributed by atoms with van der Waals surface area (Å²) in [4.78, 5) is 60.7. The fourth-order valence-corrected chi connectivity index (χ4v) is 3.68. The number of unbranched alkanes of at least 4 members (excludes halogenated alkanes) is 1. The highest BCUT2D eigenvalue weighted by atomic mass is 32.2. The van der Waals surface area contributed by atoms with Crippen LogP contribution in [0.1, 0.15) is 58.8 Å². The first kappa shape index (κ1) is 32.6. The number of nitrogens with two attached hydrogens (primary N) is 2. The van der Waals surface area contributed by atoms with E-state index in [0.29, 0.717) is 38.0 Å². The smallest absolute Gasteiger partial charge is 0.326 e. The van der Waals surface area contributed by atoms with Crippen molar-refractivity contribution in [1.82, 2.24) is 16.0 Å². The highest BCUT2D eigenvalue weighted by molar-refractivity contribution is 7.98. The first-order chi connectivity index (χ1) is 16.4. The Morgan fingerprint density at radius 3 is 1.91 bits per heavy atom. The van der Waals surface area contributed by atoms with Crippen LogP contribution in [0.3, 0.4) is 0 Å². The number of hydrogen-bond acceptors (Lipinski definition) is 8. The molecule has 0 aromatic carbocycles. The van der Waals surface area contributed by atoms with Crippen molar-refractivity contribution in [3.05, 3.63) is 0 Å². The van der Waals surface area contributed by atoms with Crippen molar-refractivity contribution in [2.24, 2.45) is 17.4 Å². The van der Waals surface area contributed by atoms with Crippen molar-refractivity contribution >= 4 is 41.4 Å². The molecule has 0 spiro atoms. The first-order valence-corrected chi connectivity index (χ1v) is 13.1. The number of thioether (sulfide) groups is 1. The molecule has 4 unspecified atom stereocenters. The normalized spacial score (nSPS) is 14.5. The SMILES string of the molecule is CSCCC(N)C(=O)NC(CC(C)C)C(=O)NC(CCCCN)C(=O)NC(CCC(=O)O)C(=O)O. The predicted molar refractivity (Wildman–Crippen MR) is 134 cm³/mol. The van der Waals surface area contributed by atoms with Gasteiger partial charge < -0.3 is 37.6 Å². The summed E-state index contributed by atoms with van der Waals surface area (Å²) in [5.41, 5.74) is 11.4. The van der Waals surface area contributed by atoms with E-state index >= 15 is 0 Å². The van der Waals surface area contributed by atoms with E-state index in [0.717, 1.165) is 0 Å². The van der Waals surface area contributed by atoms with Crippen LogP contribution in [0.2, 0.25) is 0 Å². The van der Waals surface area contributed by atoms with Crippen LogP contribution in [0, 0.1) is 5.92 Å². The maximum Gasteiger partial charge on any atom is 0.326 e. The summed E-state index contributed by atoms with van der Waals surface area (Å²) in [5.74, 6) is -3.65. The molecule has 0 aromatic rings. The minimum atomic E-state index is -1.42. The largest absolute Gasteiger partial charge is 0.481 e. The molecular formula is C22H41N5O7S. The molecule has 12 nitrogen and oxygen atoms in total. The van der Waals surface area contributed by atoms with Crippen molar-refractivity contribution in [1.29, 1.82) is 0 Å². The third kappa shape index (κ3) is 14.6. The molecule has 0 aromatic heterocycles. The monoisotopic (exact) mass is 519 g/mol. The lowest BCUT2D eigenvalue weighted by atomic mass is 10.0. The Hall–Kier alpha value is -2.38. The van der Waals surface area contributed by atoms with Crippen molar-refractivity contribution in [3.8, 4) is 0 Å². The van der Waals surface area contributed by atoms with Crippen LogP contribution in [-0.2, 0) is 24.0 Å². The van der Waals surface area contributed by atoms with Crippen LogP contribution in [0.5, 0.6) is 0 Å². The van der Waals surface area contributed by atoms with Gasteiger partial charge in [0.2, 0.25) is 17.7 Å². The third-order valence-corrected chi connectivity index (χ3v) is 5.80. The minimum Gasteiger partial charge on any atom is -0.481 e. The van der Waals surface area contributed by atoms with Gasteiger partial charge in [-0.15, -0.1) is 0 Å². The Bertz CT molecular complexity index is 708. The molecule has 0 rings (SSSR count). The standard InChI is InChI=1S/C22H41N5O7S/c1-13(2)12-17(27-19(30)14(24)9-11-35-3)21(32)25-15(6-4-5-10-23)20(31)26-16(22(33)34)7-8-18(28)29/h13-17H,4-12,23-24H2,1-3H3,(H,25,32)(H,26,31)(H,27,30)(H,28,29)(H,33,34). The van der Waals surface area contributed by atoms with E-state index < -0.39 is 60.2 Å². The molecular weight excluding hydrogens is 478 g/mol. The average Bonchev–Trinajstić information content (AvgIpc) is 2.78. The lowest BCUT2D eigenvalue weighted by Gasteiger charge is -2.26. The summed E-state index contributed by atoms with van der Waals surface area (Å²) in [6.45, 7) is 4.13. The number of carboxylic acid groups (broad SMARTS) is 2. The zero-order valence-corrected chi connectivity index (χ0v) is 21.6. The lowest BCUT2D eigenvalue weighted by molar-refractivity contribution is -0.143. The molecule has 9 N–H and O–H groups in total. The molecule has 13 heteroatoms. The summed E-state index contributed by atoms with van der Waals surface area (Å²) in [7, 11) is 0. The summed E-state index contributed by atoms with van der Waals surface area (Å²) in [6.07, 6.45) is 3.16. The number of hydrogen-bond donors (Lipinski definition) is 7. The van der Waals surface area contributed by atoms with Crippen LogP contribution < -0.4 is 27.4 Å². The van der Waals surface area contributed by atoms with E-state index in [1.807, 2.05) is 20.1 Å². The fourth-order valence-electron chi connectivity index (χ4n) is 3.19. The van der Waals surface area contributed by atoms with Crippen LogP contribution in [0.15, 0.2) is 0 Å². The number of aliphatic carboxylic acids is 2. The Kier molecular flexibility index (Phi) is 16.7. The number of amides is 3. The first-order valence-electron chi connectivity index (χ1n) is 11.7. The van der Waals surface area contributed by atoms with E-state index in [4.69, 9.17) is 16.6 Å². The number of carbonyl (C=O) groups is 5. The van der Waals surface area contributed by atoms with Gasteiger partial charge in [-0.25, -0.2) is 4.79 Å². The summed E-state index contributed by atoms with van der Waals surface area (Å²) >= 11 is 1.55. The molecule has 0 bridgehead atoms. The highest BCUT2D eigenvalue weighted by Gasteiger charge is 2.30. The van der Waals surface area contributed by atoms with Crippen molar-refractivity contribution in [2.45, 2.75) is 83.0 Å². The molecule has 3 amide bonds. The molecule has 0 aliphatic rings. The van der Waals surface area contributed by atoms with Crippen molar-refractivity contribution in [2.75, 3.05) is 18.6 Å². The Morgan fingerprint density at radius 1 is 0.829 bits per heavy atom. The van der Waals surface area contributed by atoms with Gasteiger partial charge in [0.25, 0.3) is 0 Å². The molecule has 0 aliphatic heterocycles. The van der Waals surface area contributed by atoms with Crippen LogP contribution >= 0.6 is 11.8 Å². The average molecular weight is 520 g/mol. The van der Waals surface area contributed by atoms with Gasteiger partial charge in [0, 0.05) is 6.42 Å². The highest BCUT2D eigenvalue weighted by Crippen LogP contribution is 2.09. The third-order valence-electron chi connectivity index (χ3n) is 5.15.